The Balaban J connectivity index is 2.09. The lowest BCUT2D eigenvalue weighted by atomic mass is 9.77. The lowest BCUT2D eigenvalue weighted by Crippen LogP contribution is -2.36. The first-order chi connectivity index (χ1) is 7.18. The minimum Gasteiger partial charge on any atom is -0.327 e. The van der Waals surface area contributed by atoms with Crippen molar-refractivity contribution in [2.45, 2.75) is 45.6 Å². The largest absolute Gasteiger partial charge is 0.327 e. The summed E-state index contributed by atoms with van der Waals surface area (Å²) < 4.78 is 0. The van der Waals surface area contributed by atoms with E-state index < -0.39 is 0 Å². The van der Waals surface area contributed by atoms with Crippen LogP contribution in [-0.2, 0) is 6.42 Å². The van der Waals surface area contributed by atoms with Gasteiger partial charge in [-0.15, -0.1) is 0 Å². The monoisotopic (exact) mass is 203 g/mol. The molecule has 0 radical (unpaired) electrons. The van der Waals surface area contributed by atoms with Crippen LogP contribution in [0.1, 0.15) is 36.0 Å². The molecule has 82 valence electrons. The third-order valence-corrected chi connectivity index (χ3v) is 3.84. The molecule has 0 aliphatic heterocycles. The Kier molecular flexibility index (Phi) is 3.11. The van der Waals surface area contributed by atoms with Gasteiger partial charge >= 0.3 is 0 Å². The first-order valence-corrected chi connectivity index (χ1v) is 5.99. The van der Waals surface area contributed by atoms with Gasteiger partial charge in [0.15, 0.2) is 0 Å². The normalized spacial score (nSPS) is 18.6. The molecule has 15 heavy (non-hydrogen) atoms. The summed E-state index contributed by atoms with van der Waals surface area (Å²) >= 11 is 0. The lowest BCUT2D eigenvalue weighted by molar-refractivity contribution is 0.260. The van der Waals surface area contributed by atoms with Gasteiger partial charge < -0.3 is 5.73 Å². The minimum atomic E-state index is 0.374. The fourth-order valence-electron chi connectivity index (χ4n) is 2.44. The van der Waals surface area contributed by atoms with Gasteiger partial charge in [-0.1, -0.05) is 24.6 Å². The van der Waals surface area contributed by atoms with E-state index in [0.29, 0.717) is 6.04 Å². The molecule has 1 aromatic rings. The summed E-state index contributed by atoms with van der Waals surface area (Å²) in [4.78, 5) is 0. The van der Waals surface area contributed by atoms with Crippen LogP contribution in [0.15, 0.2) is 18.2 Å². The van der Waals surface area contributed by atoms with Gasteiger partial charge in [0.25, 0.3) is 0 Å². The first-order valence-electron chi connectivity index (χ1n) is 5.99. The highest BCUT2D eigenvalue weighted by Gasteiger charge is 2.24. The maximum absolute atomic E-state index is 6.25. The summed E-state index contributed by atoms with van der Waals surface area (Å²) in [5, 5.41) is 0. The van der Waals surface area contributed by atoms with Gasteiger partial charge in [0.2, 0.25) is 0 Å². The number of nitrogens with two attached hydrogens (primary N) is 1. The lowest BCUT2D eigenvalue weighted by Gasteiger charge is -2.31. The van der Waals surface area contributed by atoms with Gasteiger partial charge in [-0.25, -0.2) is 0 Å². The average molecular weight is 203 g/mol. The fourth-order valence-corrected chi connectivity index (χ4v) is 2.44. The Labute approximate surface area is 92.7 Å². The molecule has 2 rings (SSSR count). The van der Waals surface area contributed by atoms with Crippen molar-refractivity contribution in [3.63, 3.8) is 0 Å². The molecule has 0 amide bonds. The number of aryl methyl sites for hydroxylation is 2. The highest BCUT2D eigenvalue weighted by molar-refractivity contribution is 5.34. The molecule has 0 aromatic heterocycles. The van der Waals surface area contributed by atoms with Crippen LogP contribution in [0.5, 0.6) is 0 Å². The molecule has 1 nitrogen and oxygen atoms in total. The second-order valence-corrected chi connectivity index (χ2v) is 4.93. The Morgan fingerprint density at radius 1 is 1.27 bits per heavy atom. The van der Waals surface area contributed by atoms with Crippen molar-refractivity contribution in [3.05, 3.63) is 34.9 Å². The second kappa shape index (κ2) is 4.36. The smallest absolute Gasteiger partial charge is 0.0108 e. The molecule has 0 saturated heterocycles. The quantitative estimate of drug-likeness (QED) is 0.803. The summed E-state index contributed by atoms with van der Waals surface area (Å²) in [6.45, 7) is 4.38. The number of benzene rings is 1. The van der Waals surface area contributed by atoms with Crippen molar-refractivity contribution in [2.75, 3.05) is 0 Å². The molecule has 2 N–H and O–H groups in total. The number of hydrogen-bond donors (Lipinski definition) is 1. The van der Waals surface area contributed by atoms with Gasteiger partial charge in [0.1, 0.15) is 0 Å². The molecule has 0 bridgehead atoms. The van der Waals surface area contributed by atoms with Crippen LogP contribution in [0.2, 0.25) is 0 Å². The van der Waals surface area contributed by atoms with Crippen LogP contribution in [0.25, 0.3) is 0 Å². The highest BCUT2D eigenvalue weighted by atomic mass is 14.7. The van der Waals surface area contributed by atoms with Crippen molar-refractivity contribution in [1.82, 2.24) is 0 Å². The van der Waals surface area contributed by atoms with Crippen molar-refractivity contribution in [2.24, 2.45) is 11.7 Å². The molecule has 1 aromatic carbocycles. The molecule has 1 fully saturated rings. The van der Waals surface area contributed by atoms with E-state index in [1.807, 2.05) is 0 Å². The van der Waals surface area contributed by atoms with Crippen molar-refractivity contribution in [3.8, 4) is 0 Å². The van der Waals surface area contributed by atoms with Crippen LogP contribution < -0.4 is 5.73 Å². The van der Waals surface area contributed by atoms with Crippen LogP contribution >= 0.6 is 0 Å². The zero-order valence-corrected chi connectivity index (χ0v) is 9.79. The van der Waals surface area contributed by atoms with E-state index in [2.05, 4.69) is 32.0 Å². The molecule has 1 unspecified atom stereocenters. The Morgan fingerprint density at radius 3 is 2.33 bits per heavy atom. The fraction of sp³-hybridized carbons (Fsp3) is 0.571. The summed E-state index contributed by atoms with van der Waals surface area (Å²) in [5.74, 6) is 0.781. The van der Waals surface area contributed by atoms with Gasteiger partial charge in [0, 0.05) is 6.04 Å². The molecule has 1 aliphatic carbocycles. The minimum absolute atomic E-state index is 0.374. The van der Waals surface area contributed by atoms with Crippen LogP contribution in [0, 0.1) is 19.8 Å². The summed E-state index contributed by atoms with van der Waals surface area (Å²) in [6, 6.07) is 6.88. The van der Waals surface area contributed by atoms with E-state index in [1.54, 1.807) is 0 Å². The van der Waals surface area contributed by atoms with E-state index in [4.69, 9.17) is 5.73 Å². The standard InChI is InChI=1S/C14H21N/c1-10-5-3-6-11(2)13(10)9-14(15)12-7-4-8-12/h3,5-6,12,14H,4,7-9,15H2,1-2H3. The first kappa shape index (κ1) is 10.7. The van der Waals surface area contributed by atoms with Crippen LogP contribution in [-0.4, -0.2) is 6.04 Å². The van der Waals surface area contributed by atoms with Crippen molar-refractivity contribution in [1.29, 1.82) is 0 Å². The molecular weight excluding hydrogens is 182 g/mol. The molecular formula is C14H21N. The summed E-state index contributed by atoms with van der Waals surface area (Å²) in [7, 11) is 0. The zero-order chi connectivity index (χ0) is 10.8. The van der Waals surface area contributed by atoms with Crippen molar-refractivity contribution >= 4 is 0 Å². The third-order valence-electron chi connectivity index (χ3n) is 3.84. The SMILES string of the molecule is Cc1cccc(C)c1CC(N)C1CCC1. The molecule has 1 atom stereocenters. The van der Waals surface area contributed by atoms with Crippen LogP contribution in [0.3, 0.4) is 0 Å². The Bertz CT molecular complexity index is 319. The maximum Gasteiger partial charge on any atom is 0.0108 e. The Morgan fingerprint density at radius 2 is 1.87 bits per heavy atom. The average Bonchev–Trinajstić information content (AvgIpc) is 2.08. The van der Waals surface area contributed by atoms with Gasteiger partial charge in [-0.3, -0.25) is 0 Å². The van der Waals surface area contributed by atoms with Crippen LogP contribution in [0.4, 0.5) is 0 Å². The van der Waals surface area contributed by atoms with E-state index >= 15 is 0 Å². The zero-order valence-electron chi connectivity index (χ0n) is 9.79. The predicted octanol–water partition coefficient (Wildman–Crippen LogP) is 2.97. The van der Waals surface area contributed by atoms with Gasteiger partial charge in [-0.2, -0.15) is 0 Å². The highest BCUT2D eigenvalue weighted by Crippen LogP contribution is 2.30. The molecule has 1 heteroatoms. The summed E-state index contributed by atoms with van der Waals surface area (Å²) in [5.41, 5.74) is 10.5. The number of hydrogen-bond acceptors (Lipinski definition) is 1. The molecule has 1 aliphatic rings. The number of rotatable bonds is 3. The van der Waals surface area contributed by atoms with Gasteiger partial charge in [-0.05, 0) is 55.7 Å². The topological polar surface area (TPSA) is 26.0 Å². The maximum atomic E-state index is 6.25. The van der Waals surface area contributed by atoms with E-state index in [1.165, 1.54) is 36.0 Å². The molecule has 0 spiro atoms. The third kappa shape index (κ3) is 2.23. The molecule has 1 saturated carbocycles. The predicted molar refractivity (Wildman–Crippen MR) is 64.9 cm³/mol. The second-order valence-electron chi connectivity index (χ2n) is 4.93. The summed E-state index contributed by atoms with van der Waals surface area (Å²) in [6.07, 6.45) is 5.12. The van der Waals surface area contributed by atoms with Crippen molar-refractivity contribution < 1.29 is 0 Å². The van der Waals surface area contributed by atoms with E-state index in [9.17, 15) is 0 Å². The van der Waals surface area contributed by atoms with Gasteiger partial charge in [0.05, 0.1) is 0 Å². The van der Waals surface area contributed by atoms with E-state index in [0.717, 1.165) is 12.3 Å². The molecule has 0 heterocycles. The van der Waals surface area contributed by atoms with E-state index in [-0.39, 0.29) is 0 Å². The Hall–Kier alpha value is -0.820.